The molecule has 0 bridgehead atoms. The van der Waals surface area contributed by atoms with Crippen LogP contribution < -0.4 is 10.9 Å². The topological polar surface area (TPSA) is 34.1 Å². The van der Waals surface area contributed by atoms with Crippen molar-refractivity contribution in [2.24, 2.45) is 0 Å². The molecular weight excluding hydrogens is 749 g/mol. The Morgan fingerprint density at radius 1 is 0.450 bits per heavy atom. The number of thiophene rings is 1. The molecule has 0 atom stereocenters. The van der Waals surface area contributed by atoms with Gasteiger partial charge >= 0.3 is 0 Å². The molecule has 0 aliphatic carbocycles. The second-order valence-electron chi connectivity index (χ2n) is 20.2. The van der Waals surface area contributed by atoms with Crippen LogP contribution in [0.5, 0.6) is 0 Å². The molecule has 0 fully saturated rings. The Labute approximate surface area is 367 Å². The Balaban J connectivity index is 1.44. The maximum absolute atomic E-state index is 15.2. The van der Waals surface area contributed by atoms with Gasteiger partial charge in [0.25, 0.3) is 0 Å². The summed E-state index contributed by atoms with van der Waals surface area (Å²) in [6.45, 7) is 18.2. The summed E-state index contributed by atoms with van der Waals surface area (Å²) in [4.78, 5) is 32.8. The Kier molecular flexibility index (Phi) is 16.3. The van der Waals surface area contributed by atoms with E-state index >= 15 is 9.59 Å². The number of hydrogen-bond donors (Lipinski definition) is 0. The summed E-state index contributed by atoms with van der Waals surface area (Å²) in [5.41, 5.74) is 5.00. The first kappa shape index (κ1) is 46.2. The molecule has 0 unspecified atom stereocenters. The third-order valence-electron chi connectivity index (χ3n) is 14.1. The Morgan fingerprint density at radius 3 is 1.32 bits per heavy atom. The Bertz CT molecular complexity index is 2380. The fraction of sp³-hybridized carbons (Fsp3) is 0.579. The summed E-state index contributed by atoms with van der Waals surface area (Å²) in [7, 11) is 0. The third kappa shape index (κ3) is 10.5. The summed E-state index contributed by atoms with van der Waals surface area (Å²) in [5.74, 6) is 0. The lowest BCUT2D eigenvalue weighted by Crippen LogP contribution is -2.15. The van der Waals surface area contributed by atoms with Crippen LogP contribution in [0.25, 0.3) is 53.5 Å². The first-order valence-corrected chi connectivity index (χ1v) is 25.5. The number of benzene rings is 3. The van der Waals surface area contributed by atoms with Crippen molar-refractivity contribution < 1.29 is 0 Å². The lowest BCUT2D eigenvalue weighted by atomic mass is 9.81. The number of unbranched alkanes of at least 4 members (excludes halogenated alkanes) is 18. The molecule has 6 rings (SSSR count). The zero-order valence-electron chi connectivity index (χ0n) is 39.1. The molecule has 0 spiro atoms. The zero-order valence-corrected chi connectivity index (χ0v) is 39.9. The maximum atomic E-state index is 15.2. The average Bonchev–Trinajstić information content (AvgIpc) is 3.93. The van der Waals surface area contributed by atoms with E-state index in [2.05, 4.69) is 104 Å². The highest BCUT2D eigenvalue weighted by Gasteiger charge is 2.28. The molecule has 1 heterocycles. The van der Waals surface area contributed by atoms with Gasteiger partial charge in [0.05, 0.1) is 0 Å². The second kappa shape index (κ2) is 21.2. The van der Waals surface area contributed by atoms with Crippen molar-refractivity contribution in [3.05, 3.63) is 90.5 Å². The molecule has 324 valence electrons. The second-order valence-corrected chi connectivity index (χ2v) is 21.2. The molecule has 0 radical (unpaired) electrons. The number of rotatable bonds is 25. The van der Waals surface area contributed by atoms with Gasteiger partial charge in [0.2, 0.25) is 0 Å². The number of hydrogen-bond acceptors (Lipinski definition) is 3. The van der Waals surface area contributed by atoms with Crippen molar-refractivity contribution in [2.75, 3.05) is 0 Å². The molecule has 1 aromatic heterocycles. The standard InChI is InChI=1S/C57H78O2S/c1-9-12-14-16-18-20-22-24-26-28-30-44-50-42-34-32-40(48-36-37-49(60-48)56(4,5)6)38-46(42)54(58)52(50)45(31-29-27-25-23-21-19-17-15-13-10-2)51-43-35-33-41(57(7,8)11-3)39-47(43)55(59)53(44)51/h32-39H,9-31H2,1-8H3. The van der Waals surface area contributed by atoms with Gasteiger partial charge in [-0.25, -0.2) is 0 Å². The lowest BCUT2D eigenvalue weighted by Gasteiger charge is -2.23. The fourth-order valence-electron chi connectivity index (χ4n) is 9.87. The van der Waals surface area contributed by atoms with Gasteiger partial charge in [0.15, 0.2) is 10.9 Å². The number of fused-ring (bicyclic) bond motifs is 6. The minimum Gasteiger partial charge on any atom is -0.289 e. The quantitative estimate of drug-likeness (QED) is 0.0539. The first-order chi connectivity index (χ1) is 28.9. The van der Waals surface area contributed by atoms with Gasteiger partial charge in [-0.05, 0) is 111 Å². The first-order valence-electron chi connectivity index (χ1n) is 24.6. The highest BCUT2D eigenvalue weighted by Crippen LogP contribution is 2.43. The Morgan fingerprint density at radius 2 is 0.883 bits per heavy atom. The molecule has 5 aromatic carbocycles. The SMILES string of the molecule is CCCCCCCCCCCCc1c2c(=O)c3cc(C(C)(C)CC)ccc3c2c(CCCCCCCCCCCC)c2c(=O)c3cc(-c4ccc(C(C)(C)C)s4)ccc3c12. The van der Waals surface area contributed by atoms with Crippen LogP contribution in [-0.2, 0) is 23.7 Å². The van der Waals surface area contributed by atoms with Crippen molar-refractivity contribution in [1.82, 2.24) is 0 Å². The van der Waals surface area contributed by atoms with Gasteiger partial charge < -0.3 is 0 Å². The van der Waals surface area contributed by atoms with Crippen molar-refractivity contribution in [2.45, 2.75) is 214 Å². The van der Waals surface area contributed by atoms with Gasteiger partial charge in [-0.2, -0.15) is 0 Å². The van der Waals surface area contributed by atoms with E-state index in [1.54, 1.807) is 0 Å². The van der Waals surface area contributed by atoms with Crippen LogP contribution >= 0.6 is 11.3 Å². The lowest BCUT2D eigenvalue weighted by molar-refractivity contribution is 0.507. The van der Waals surface area contributed by atoms with E-state index in [-0.39, 0.29) is 21.7 Å². The molecule has 3 heteroatoms. The number of aryl methyl sites for hydroxylation is 2. The minimum absolute atomic E-state index is 0.0215. The van der Waals surface area contributed by atoms with E-state index in [4.69, 9.17) is 0 Å². The van der Waals surface area contributed by atoms with Crippen molar-refractivity contribution in [1.29, 1.82) is 0 Å². The van der Waals surface area contributed by atoms with E-state index in [1.165, 1.54) is 118 Å². The summed E-state index contributed by atoms with van der Waals surface area (Å²) in [5, 5.41) is 7.73. The molecule has 0 saturated heterocycles. The highest BCUT2D eigenvalue weighted by atomic mass is 32.1. The van der Waals surface area contributed by atoms with Gasteiger partial charge in [0.1, 0.15) is 0 Å². The van der Waals surface area contributed by atoms with Crippen molar-refractivity contribution >= 4 is 54.4 Å². The van der Waals surface area contributed by atoms with Gasteiger partial charge in [0, 0.05) is 31.3 Å². The van der Waals surface area contributed by atoms with Crippen LogP contribution in [0.4, 0.5) is 0 Å². The predicted octanol–water partition coefficient (Wildman–Crippen LogP) is 17.5. The van der Waals surface area contributed by atoms with E-state index < -0.39 is 0 Å². The van der Waals surface area contributed by atoms with E-state index in [0.29, 0.717) is 0 Å². The van der Waals surface area contributed by atoms with Crippen LogP contribution in [0.1, 0.15) is 212 Å². The maximum Gasteiger partial charge on any atom is 0.194 e. The van der Waals surface area contributed by atoms with Gasteiger partial charge in [-0.15, -0.1) is 11.3 Å². The van der Waals surface area contributed by atoms with Crippen LogP contribution in [0.2, 0.25) is 0 Å². The molecule has 0 amide bonds. The molecule has 6 aromatic rings. The minimum atomic E-state index is -0.0215. The molecule has 2 nitrogen and oxygen atoms in total. The third-order valence-corrected chi connectivity index (χ3v) is 15.6. The summed E-state index contributed by atoms with van der Waals surface area (Å²) in [6.07, 6.45) is 28.1. The average molecular weight is 827 g/mol. The van der Waals surface area contributed by atoms with Crippen LogP contribution in [0, 0.1) is 0 Å². The largest absolute Gasteiger partial charge is 0.289 e. The highest BCUT2D eigenvalue weighted by molar-refractivity contribution is 7.15. The zero-order chi connectivity index (χ0) is 42.9. The normalized spacial score (nSPS) is 12.7. The fourth-order valence-corrected chi connectivity index (χ4v) is 10.9. The molecule has 0 saturated carbocycles. The predicted molar refractivity (Wildman–Crippen MR) is 268 cm³/mol. The summed E-state index contributed by atoms with van der Waals surface area (Å²) < 4.78 is 0. The van der Waals surface area contributed by atoms with Crippen LogP contribution in [0.15, 0.2) is 58.1 Å². The van der Waals surface area contributed by atoms with Gasteiger partial charge in [-0.1, -0.05) is 195 Å². The molecule has 0 aliphatic rings. The molecular formula is C57H78O2S. The Hall–Kier alpha value is -3.30. The van der Waals surface area contributed by atoms with Gasteiger partial charge in [-0.3, -0.25) is 9.59 Å². The van der Waals surface area contributed by atoms with E-state index in [1.807, 2.05) is 11.3 Å². The van der Waals surface area contributed by atoms with Crippen LogP contribution in [-0.4, -0.2) is 0 Å². The van der Waals surface area contributed by atoms with E-state index in [9.17, 15) is 0 Å². The monoisotopic (exact) mass is 827 g/mol. The van der Waals surface area contributed by atoms with E-state index in [0.717, 1.165) is 105 Å². The van der Waals surface area contributed by atoms with Crippen molar-refractivity contribution in [3.8, 4) is 10.4 Å². The van der Waals surface area contributed by atoms with Crippen molar-refractivity contribution in [3.63, 3.8) is 0 Å². The smallest absolute Gasteiger partial charge is 0.194 e. The summed E-state index contributed by atoms with van der Waals surface area (Å²) >= 11 is 1.84. The summed E-state index contributed by atoms with van der Waals surface area (Å²) in [6, 6.07) is 17.8. The molecule has 60 heavy (non-hydrogen) atoms. The molecule has 0 aliphatic heterocycles. The van der Waals surface area contributed by atoms with Crippen LogP contribution in [0.3, 0.4) is 0 Å². The molecule has 0 N–H and O–H groups in total.